The molecule has 0 bridgehead atoms. The number of nitrogens with one attached hydrogen (secondary N) is 1. The molecule has 23 heavy (non-hydrogen) atoms. The van der Waals surface area contributed by atoms with Crippen molar-refractivity contribution >= 4 is 29.9 Å². The Morgan fingerprint density at radius 2 is 2.04 bits per heavy atom. The van der Waals surface area contributed by atoms with Gasteiger partial charge in [-0.3, -0.25) is 0 Å². The Bertz CT molecular complexity index is 525. The molecule has 0 aliphatic heterocycles. The van der Waals surface area contributed by atoms with Gasteiger partial charge in [-0.15, -0.1) is 24.0 Å². The third-order valence-electron chi connectivity index (χ3n) is 4.04. The highest BCUT2D eigenvalue weighted by molar-refractivity contribution is 14.0. The number of aliphatic hydroxyl groups excluding tert-OH is 1. The molecule has 1 aromatic carbocycles. The molecule has 2 rings (SSSR count). The molecule has 6 nitrogen and oxygen atoms in total. The molecule has 0 amide bonds. The fourth-order valence-electron chi connectivity index (χ4n) is 2.70. The number of nitrogens with zero attached hydrogens (tertiary/aromatic N) is 1. The minimum Gasteiger partial charge on any atom is -0.493 e. The van der Waals surface area contributed by atoms with E-state index in [1.54, 1.807) is 14.2 Å². The number of benzene rings is 1. The van der Waals surface area contributed by atoms with Gasteiger partial charge in [0.25, 0.3) is 0 Å². The van der Waals surface area contributed by atoms with E-state index in [9.17, 15) is 5.11 Å². The number of methoxy groups -OCH3 is 2. The number of rotatable bonds is 6. The fraction of sp³-hybridized carbons (Fsp3) is 0.562. The summed E-state index contributed by atoms with van der Waals surface area (Å²) in [6.07, 6.45) is 2.79. The van der Waals surface area contributed by atoms with Gasteiger partial charge in [-0.25, -0.2) is 4.99 Å². The summed E-state index contributed by atoms with van der Waals surface area (Å²) in [5.74, 6) is 2.04. The predicted octanol–water partition coefficient (Wildman–Crippen LogP) is 1.89. The monoisotopic (exact) mass is 435 g/mol. The molecule has 7 heteroatoms. The quantitative estimate of drug-likeness (QED) is 0.361. The number of aliphatic imine (C=N–C) groups is 1. The van der Waals surface area contributed by atoms with E-state index in [1.807, 2.05) is 18.2 Å². The number of hydrogen-bond donors (Lipinski definition) is 3. The molecule has 1 aliphatic carbocycles. The molecule has 0 spiro atoms. The second kappa shape index (κ2) is 9.82. The van der Waals surface area contributed by atoms with Gasteiger partial charge in [0.05, 0.1) is 26.9 Å². The van der Waals surface area contributed by atoms with E-state index in [1.165, 1.54) is 0 Å². The van der Waals surface area contributed by atoms with Crippen LogP contribution in [0.3, 0.4) is 0 Å². The van der Waals surface area contributed by atoms with Crippen molar-refractivity contribution in [2.45, 2.75) is 31.9 Å². The number of hydrogen-bond acceptors (Lipinski definition) is 4. The van der Waals surface area contributed by atoms with Crippen molar-refractivity contribution < 1.29 is 14.6 Å². The van der Waals surface area contributed by atoms with Crippen LogP contribution >= 0.6 is 24.0 Å². The molecular weight excluding hydrogens is 409 g/mol. The molecule has 2 atom stereocenters. The second-order valence-electron chi connectivity index (χ2n) is 5.53. The highest BCUT2D eigenvalue weighted by Crippen LogP contribution is 2.27. The Morgan fingerprint density at radius 1 is 1.30 bits per heavy atom. The van der Waals surface area contributed by atoms with E-state index in [0.29, 0.717) is 30.5 Å². The lowest BCUT2D eigenvalue weighted by molar-refractivity contribution is 0.134. The largest absolute Gasteiger partial charge is 0.493 e. The van der Waals surface area contributed by atoms with Crippen molar-refractivity contribution in [2.24, 2.45) is 16.6 Å². The van der Waals surface area contributed by atoms with Crippen molar-refractivity contribution in [3.05, 3.63) is 23.8 Å². The van der Waals surface area contributed by atoms with E-state index >= 15 is 0 Å². The number of nitrogens with two attached hydrogens (primary N) is 1. The summed E-state index contributed by atoms with van der Waals surface area (Å²) in [6.45, 7) is 1.13. The zero-order valence-corrected chi connectivity index (χ0v) is 15.9. The van der Waals surface area contributed by atoms with Crippen LogP contribution in [0.15, 0.2) is 23.2 Å². The van der Waals surface area contributed by atoms with Gasteiger partial charge in [-0.05, 0) is 30.5 Å². The van der Waals surface area contributed by atoms with Crippen LogP contribution in [0.4, 0.5) is 0 Å². The van der Waals surface area contributed by atoms with Gasteiger partial charge in [-0.1, -0.05) is 12.5 Å². The van der Waals surface area contributed by atoms with Crippen molar-refractivity contribution in [3.8, 4) is 11.5 Å². The predicted molar refractivity (Wildman–Crippen MR) is 102 cm³/mol. The number of aliphatic hydroxyl groups is 1. The number of ether oxygens (including phenoxy) is 2. The maximum atomic E-state index is 9.77. The van der Waals surface area contributed by atoms with Crippen LogP contribution in [-0.2, 0) is 6.54 Å². The Balaban J connectivity index is 0.00000264. The second-order valence-corrected chi connectivity index (χ2v) is 5.53. The standard InChI is InChI=1S/C16H25N3O3.HI/c1-21-14-7-6-11(8-15(14)22-2)9-18-16(17)19-10-12-4-3-5-13(12)20;/h6-8,12-13,20H,3-5,9-10H2,1-2H3,(H3,17,18,19);1H. The summed E-state index contributed by atoms with van der Waals surface area (Å²) in [5.41, 5.74) is 6.86. The highest BCUT2D eigenvalue weighted by atomic mass is 127. The van der Waals surface area contributed by atoms with Crippen LogP contribution in [0.25, 0.3) is 0 Å². The van der Waals surface area contributed by atoms with Crippen LogP contribution in [0.2, 0.25) is 0 Å². The first-order chi connectivity index (χ1) is 10.6. The van der Waals surface area contributed by atoms with E-state index < -0.39 is 0 Å². The van der Waals surface area contributed by atoms with Crippen LogP contribution < -0.4 is 20.5 Å². The first kappa shape index (κ1) is 19.8. The van der Waals surface area contributed by atoms with Gasteiger partial charge < -0.3 is 25.6 Å². The average Bonchev–Trinajstić information content (AvgIpc) is 2.95. The summed E-state index contributed by atoms with van der Waals surface area (Å²) >= 11 is 0. The van der Waals surface area contributed by atoms with Gasteiger partial charge >= 0.3 is 0 Å². The maximum absolute atomic E-state index is 9.77. The third-order valence-corrected chi connectivity index (χ3v) is 4.04. The number of halogens is 1. The first-order valence-corrected chi connectivity index (χ1v) is 7.56. The van der Waals surface area contributed by atoms with Gasteiger partial charge in [0.1, 0.15) is 0 Å². The lowest BCUT2D eigenvalue weighted by Crippen LogP contribution is -2.37. The lowest BCUT2D eigenvalue weighted by atomic mass is 10.1. The van der Waals surface area contributed by atoms with Crippen molar-refractivity contribution in [3.63, 3.8) is 0 Å². The Hall–Kier alpha value is -1.22. The molecule has 0 saturated heterocycles. The summed E-state index contributed by atoms with van der Waals surface area (Å²) in [6, 6.07) is 5.66. The van der Waals surface area contributed by atoms with Crippen LogP contribution in [0.1, 0.15) is 24.8 Å². The van der Waals surface area contributed by atoms with E-state index in [0.717, 1.165) is 24.8 Å². The molecule has 0 heterocycles. The molecule has 1 aliphatic rings. The van der Waals surface area contributed by atoms with E-state index in [2.05, 4.69) is 10.3 Å². The van der Waals surface area contributed by atoms with Crippen LogP contribution in [0, 0.1) is 5.92 Å². The lowest BCUT2D eigenvalue weighted by Gasteiger charge is -2.15. The Labute approximate surface area is 154 Å². The smallest absolute Gasteiger partial charge is 0.188 e. The minimum absolute atomic E-state index is 0. The molecule has 1 aromatic rings. The molecule has 4 N–H and O–H groups in total. The number of guanidine groups is 1. The fourth-order valence-corrected chi connectivity index (χ4v) is 2.70. The highest BCUT2D eigenvalue weighted by Gasteiger charge is 2.24. The van der Waals surface area contributed by atoms with E-state index in [4.69, 9.17) is 15.2 Å². The molecule has 1 fully saturated rings. The summed E-state index contributed by atoms with van der Waals surface area (Å²) in [7, 11) is 3.21. The van der Waals surface area contributed by atoms with Gasteiger partial charge in [0.2, 0.25) is 0 Å². The Morgan fingerprint density at radius 3 is 2.65 bits per heavy atom. The topological polar surface area (TPSA) is 89.1 Å². The molecule has 2 unspecified atom stereocenters. The molecule has 0 aromatic heterocycles. The van der Waals surface area contributed by atoms with E-state index in [-0.39, 0.29) is 36.0 Å². The summed E-state index contributed by atoms with van der Waals surface area (Å²) in [4.78, 5) is 4.32. The van der Waals surface area contributed by atoms with Crippen LogP contribution in [-0.4, -0.2) is 37.9 Å². The maximum Gasteiger partial charge on any atom is 0.188 e. The third kappa shape index (κ3) is 5.72. The van der Waals surface area contributed by atoms with Gasteiger partial charge in [0.15, 0.2) is 17.5 Å². The van der Waals surface area contributed by atoms with Crippen molar-refractivity contribution in [2.75, 3.05) is 20.8 Å². The zero-order valence-electron chi connectivity index (χ0n) is 13.6. The van der Waals surface area contributed by atoms with Crippen LogP contribution in [0.5, 0.6) is 11.5 Å². The molecule has 1 saturated carbocycles. The first-order valence-electron chi connectivity index (χ1n) is 7.56. The average molecular weight is 435 g/mol. The van der Waals surface area contributed by atoms with Gasteiger partial charge in [0, 0.05) is 12.5 Å². The van der Waals surface area contributed by atoms with Gasteiger partial charge in [-0.2, -0.15) is 0 Å². The Kier molecular flexibility index (Phi) is 8.46. The molecule has 130 valence electrons. The van der Waals surface area contributed by atoms with Crippen molar-refractivity contribution in [1.82, 2.24) is 5.32 Å². The zero-order chi connectivity index (χ0) is 15.9. The summed E-state index contributed by atoms with van der Waals surface area (Å²) < 4.78 is 10.5. The van der Waals surface area contributed by atoms with Crippen molar-refractivity contribution in [1.29, 1.82) is 0 Å². The molecular formula is C16H26IN3O3. The summed E-state index contributed by atoms with van der Waals surface area (Å²) in [5, 5.41) is 12.9. The SMILES string of the molecule is COc1ccc(CN=C(N)NCC2CCCC2O)cc1OC.I. The normalized spacial score (nSPS) is 20.7. The minimum atomic E-state index is -0.217. The molecule has 0 radical (unpaired) electrons.